The highest BCUT2D eigenvalue weighted by Crippen LogP contribution is 2.25. The lowest BCUT2D eigenvalue weighted by molar-refractivity contribution is 0.173. The van der Waals surface area contributed by atoms with Gasteiger partial charge in [-0.2, -0.15) is 4.98 Å². The minimum absolute atomic E-state index is 0.556. The highest BCUT2D eigenvalue weighted by atomic mass is 35.5. The number of nitrogens with one attached hydrogen (secondary N) is 1. The van der Waals surface area contributed by atoms with Gasteiger partial charge in [-0.15, -0.1) is 0 Å². The molecule has 2 heterocycles. The van der Waals surface area contributed by atoms with Crippen molar-refractivity contribution in [2.45, 2.75) is 25.4 Å². The molecule has 0 saturated carbocycles. The standard InChI is InChI=1S/C15H19ClN4O/c1-17-11-6-8-20(9-7-11)10-14-18-15(19-21-14)12-4-2-3-5-13(12)16/h2-5,11,17H,6-10H2,1H3. The number of piperidine rings is 1. The maximum Gasteiger partial charge on any atom is 0.241 e. The molecule has 0 atom stereocenters. The topological polar surface area (TPSA) is 54.2 Å². The first-order chi connectivity index (χ1) is 10.3. The second-order valence-electron chi connectivity index (χ2n) is 5.33. The number of likely N-dealkylation sites (tertiary alicyclic amines) is 1. The molecular formula is C15H19ClN4O. The summed E-state index contributed by atoms with van der Waals surface area (Å²) in [4.78, 5) is 6.80. The Labute approximate surface area is 129 Å². The third-order valence-corrected chi connectivity index (χ3v) is 4.27. The van der Waals surface area contributed by atoms with E-state index in [0.717, 1.165) is 31.5 Å². The minimum Gasteiger partial charge on any atom is -0.338 e. The molecule has 0 aliphatic carbocycles. The third-order valence-electron chi connectivity index (χ3n) is 3.94. The summed E-state index contributed by atoms with van der Waals surface area (Å²) in [6, 6.07) is 8.16. The van der Waals surface area contributed by atoms with Gasteiger partial charge in [0, 0.05) is 24.7 Å². The Morgan fingerprint density at radius 2 is 2.10 bits per heavy atom. The monoisotopic (exact) mass is 306 g/mol. The van der Waals surface area contributed by atoms with Crippen LogP contribution in [0.15, 0.2) is 28.8 Å². The summed E-state index contributed by atoms with van der Waals surface area (Å²) in [5.74, 6) is 1.20. The fourth-order valence-electron chi connectivity index (χ4n) is 2.64. The van der Waals surface area contributed by atoms with Crippen LogP contribution in [-0.4, -0.2) is 41.2 Å². The maximum absolute atomic E-state index is 6.15. The first-order valence-electron chi connectivity index (χ1n) is 7.23. The number of benzene rings is 1. The molecule has 0 spiro atoms. The van der Waals surface area contributed by atoms with Crippen LogP contribution in [-0.2, 0) is 6.54 Å². The van der Waals surface area contributed by atoms with Gasteiger partial charge in [0.15, 0.2) is 0 Å². The van der Waals surface area contributed by atoms with Crippen LogP contribution in [0, 0.1) is 0 Å². The van der Waals surface area contributed by atoms with E-state index in [1.165, 1.54) is 0 Å². The molecule has 5 nitrogen and oxygen atoms in total. The van der Waals surface area contributed by atoms with Crippen molar-refractivity contribution in [2.24, 2.45) is 0 Å². The highest BCUT2D eigenvalue weighted by molar-refractivity contribution is 6.33. The van der Waals surface area contributed by atoms with Crippen molar-refractivity contribution in [1.29, 1.82) is 0 Å². The smallest absolute Gasteiger partial charge is 0.241 e. The number of rotatable bonds is 4. The Balaban J connectivity index is 1.65. The summed E-state index contributed by atoms with van der Waals surface area (Å²) < 4.78 is 5.35. The molecule has 1 aromatic heterocycles. The van der Waals surface area contributed by atoms with Crippen molar-refractivity contribution < 1.29 is 4.52 Å². The minimum atomic E-state index is 0.556. The lowest BCUT2D eigenvalue weighted by Gasteiger charge is -2.30. The SMILES string of the molecule is CNC1CCN(Cc2nc(-c3ccccc3Cl)no2)CC1. The molecule has 1 N–H and O–H groups in total. The zero-order valence-electron chi connectivity index (χ0n) is 12.1. The molecule has 0 amide bonds. The summed E-state index contributed by atoms with van der Waals surface area (Å²) >= 11 is 6.15. The van der Waals surface area contributed by atoms with Gasteiger partial charge < -0.3 is 9.84 Å². The molecule has 2 aromatic rings. The zero-order valence-corrected chi connectivity index (χ0v) is 12.8. The van der Waals surface area contributed by atoms with Crippen LogP contribution in [0.1, 0.15) is 18.7 Å². The molecule has 0 bridgehead atoms. The van der Waals surface area contributed by atoms with E-state index in [4.69, 9.17) is 16.1 Å². The number of hydrogen-bond acceptors (Lipinski definition) is 5. The van der Waals surface area contributed by atoms with Crippen molar-refractivity contribution >= 4 is 11.6 Å². The molecule has 1 aliphatic rings. The molecule has 1 aromatic carbocycles. The molecule has 1 aliphatic heterocycles. The summed E-state index contributed by atoms with van der Waals surface area (Å²) in [7, 11) is 2.02. The molecular weight excluding hydrogens is 288 g/mol. The van der Waals surface area contributed by atoms with Gasteiger partial charge in [-0.25, -0.2) is 0 Å². The first-order valence-corrected chi connectivity index (χ1v) is 7.61. The number of hydrogen-bond donors (Lipinski definition) is 1. The van der Waals surface area contributed by atoms with E-state index in [0.29, 0.717) is 29.3 Å². The summed E-state index contributed by atoms with van der Waals surface area (Å²) in [6.07, 6.45) is 2.31. The Kier molecular flexibility index (Phi) is 4.53. The second-order valence-corrected chi connectivity index (χ2v) is 5.74. The zero-order chi connectivity index (χ0) is 14.7. The molecule has 0 radical (unpaired) electrons. The lowest BCUT2D eigenvalue weighted by atomic mass is 10.1. The summed E-state index contributed by atoms with van der Waals surface area (Å²) in [6.45, 7) is 2.80. The Morgan fingerprint density at radius 1 is 1.33 bits per heavy atom. The van der Waals surface area contributed by atoms with Gasteiger partial charge in [0.2, 0.25) is 11.7 Å². The van der Waals surface area contributed by atoms with Gasteiger partial charge in [0.25, 0.3) is 0 Å². The van der Waals surface area contributed by atoms with E-state index in [2.05, 4.69) is 20.4 Å². The van der Waals surface area contributed by atoms with E-state index < -0.39 is 0 Å². The van der Waals surface area contributed by atoms with E-state index in [9.17, 15) is 0 Å². The van der Waals surface area contributed by atoms with Gasteiger partial charge in [-0.3, -0.25) is 4.90 Å². The van der Waals surface area contributed by atoms with Crippen LogP contribution < -0.4 is 5.32 Å². The molecule has 1 saturated heterocycles. The molecule has 21 heavy (non-hydrogen) atoms. The van der Waals surface area contributed by atoms with Gasteiger partial charge in [0.05, 0.1) is 11.6 Å². The second kappa shape index (κ2) is 6.56. The predicted octanol–water partition coefficient (Wildman–Crippen LogP) is 2.57. The number of halogens is 1. The molecule has 112 valence electrons. The third kappa shape index (κ3) is 3.43. The normalized spacial score (nSPS) is 17.2. The fraction of sp³-hybridized carbons (Fsp3) is 0.467. The highest BCUT2D eigenvalue weighted by Gasteiger charge is 2.20. The van der Waals surface area contributed by atoms with Gasteiger partial charge in [-0.05, 0) is 32.0 Å². The van der Waals surface area contributed by atoms with Crippen molar-refractivity contribution in [2.75, 3.05) is 20.1 Å². The maximum atomic E-state index is 6.15. The average molecular weight is 307 g/mol. The quantitative estimate of drug-likeness (QED) is 0.941. The van der Waals surface area contributed by atoms with Crippen LogP contribution in [0.2, 0.25) is 5.02 Å². The van der Waals surface area contributed by atoms with Gasteiger partial charge in [0.1, 0.15) is 0 Å². The van der Waals surface area contributed by atoms with E-state index in [1.807, 2.05) is 31.3 Å². The first kappa shape index (κ1) is 14.5. The van der Waals surface area contributed by atoms with Crippen LogP contribution in [0.5, 0.6) is 0 Å². The van der Waals surface area contributed by atoms with Crippen LogP contribution in [0.25, 0.3) is 11.4 Å². The van der Waals surface area contributed by atoms with Crippen molar-refractivity contribution in [3.05, 3.63) is 35.2 Å². The van der Waals surface area contributed by atoms with E-state index in [-0.39, 0.29) is 0 Å². The Hall–Kier alpha value is -1.43. The summed E-state index contributed by atoms with van der Waals surface area (Å²) in [5.41, 5.74) is 0.808. The Morgan fingerprint density at radius 3 is 2.81 bits per heavy atom. The average Bonchev–Trinajstić information content (AvgIpc) is 2.97. The number of aromatic nitrogens is 2. The van der Waals surface area contributed by atoms with Gasteiger partial charge >= 0.3 is 0 Å². The number of nitrogens with zero attached hydrogens (tertiary/aromatic N) is 3. The summed E-state index contributed by atoms with van der Waals surface area (Å²) in [5, 5.41) is 8.00. The van der Waals surface area contributed by atoms with E-state index in [1.54, 1.807) is 0 Å². The molecule has 6 heteroatoms. The van der Waals surface area contributed by atoms with Crippen LogP contribution >= 0.6 is 11.6 Å². The lowest BCUT2D eigenvalue weighted by Crippen LogP contribution is -2.40. The van der Waals surface area contributed by atoms with Crippen LogP contribution in [0.4, 0.5) is 0 Å². The van der Waals surface area contributed by atoms with Crippen molar-refractivity contribution in [3.63, 3.8) is 0 Å². The molecule has 1 fully saturated rings. The largest absolute Gasteiger partial charge is 0.338 e. The molecule has 0 unspecified atom stereocenters. The van der Waals surface area contributed by atoms with E-state index >= 15 is 0 Å². The van der Waals surface area contributed by atoms with Gasteiger partial charge in [-0.1, -0.05) is 28.9 Å². The van der Waals surface area contributed by atoms with Crippen LogP contribution in [0.3, 0.4) is 0 Å². The Bertz CT molecular complexity index is 593. The predicted molar refractivity (Wildman–Crippen MR) is 82.1 cm³/mol. The van der Waals surface area contributed by atoms with Crippen molar-refractivity contribution in [3.8, 4) is 11.4 Å². The van der Waals surface area contributed by atoms with Crippen molar-refractivity contribution in [1.82, 2.24) is 20.4 Å². The molecule has 3 rings (SSSR count). The fourth-order valence-corrected chi connectivity index (χ4v) is 2.86.